The molecule has 0 atom stereocenters. The number of benzene rings is 2. The number of halogens is 3. The highest BCUT2D eigenvalue weighted by Crippen LogP contribution is 2.23. The first kappa shape index (κ1) is 19.3. The van der Waals surface area contributed by atoms with Crippen molar-refractivity contribution in [3.63, 3.8) is 0 Å². The third kappa shape index (κ3) is 3.93. The second-order valence-corrected chi connectivity index (χ2v) is 9.04. The molecule has 0 spiro atoms. The summed E-state index contributed by atoms with van der Waals surface area (Å²) in [5.41, 5.74) is 0.543. The Labute approximate surface area is 164 Å². The minimum atomic E-state index is -3.79. The molecule has 0 radical (unpaired) electrons. The number of rotatable bonds is 3. The van der Waals surface area contributed by atoms with Crippen LogP contribution >= 0.6 is 27.5 Å². The van der Waals surface area contributed by atoms with E-state index < -0.39 is 15.8 Å². The molecule has 0 aliphatic carbocycles. The second kappa shape index (κ2) is 7.64. The normalized spacial score (nSPS) is 15.9. The summed E-state index contributed by atoms with van der Waals surface area (Å²) in [5.74, 6) is -0.816. The Morgan fingerprint density at radius 3 is 2.38 bits per heavy atom. The van der Waals surface area contributed by atoms with Gasteiger partial charge in [-0.05, 0) is 36.4 Å². The quantitative estimate of drug-likeness (QED) is 0.704. The lowest BCUT2D eigenvalue weighted by Gasteiger charge is -2.34. The zero-order valence-corrected chi connectivity index (χ0v) is 16.7. The zero-order valence-electron chi connectivity index (χ0n) is 13.5. The molecular formula is C17H15BrClFN2O3S. The molecule has 1 heterocycles. The fraction of sp³-hybridized carbons (Fsp3) is 0.235. The summed E-state index contributed by atoms with van der Waals surface area (Å²) in [5, 5.41) is -0.241. The molecule has 0 N–H and O–H groups in total. The van der Waals surface area contributed by atoms with Crippen LogP contribution in [-0.2, 0) is 10.0 Å². The number of nitrogens with zero attached hydrogens (tertiary/aromatic N) is 2. The molecular weight excluding hydrogens is 447 g/mol. The lowest BCUT2D eigenvalue weighted by molar-refractivity contribution is 0.0698. The lowest BCUT2D eigenvalue weighted by atomic mass is 10.2. The minimum Gasteiger partial charge on any atom is -0.336 e. The van der Waals surface area contributed by atoms with Crippen molar-refractivity contribution in [3.8, 4) is 0 Å². The van der Waals surface area contributed by atoms with Crippen LogP contribution < -0.4 is 0 Å². The average molecular weight is 462 g/mol. The predicted octanol–water partition coefficient (Wildman–Crippen LogP) is 3.39. The molecule has 1 aliphatic rings. The van der Waals surface area contributed by atoms with Gasteiger partial charge in [0.05, 0.1) is 9.92 Å². The predicted molar refractivity (Wildman–Crippen MR) is 100 cm³/mol. The van der Waals surface area contributed by atoms with Gasteiger partial charge in [-0.15, -0.1) is 0 Å². The van der Waals surface area contributed by atoms with Crippen molar-refractivity contribution in [3.05, 3.63) is 63.3 Å². The first-order valence-electron chi connectivity index (χ1n) is 7.79. The van der Waals surface area contributed by atoms with Gasteiger partial charge >= 0.3 is 0 Å². The van der Waals surface area contributed by atoms with Gasteiger partial charge in [-0.1, -0.05) is 33.6 Å². The van der Waals surface area contributed by atoms with Gasteiger partial charge in [0.1, 0.15) is 5.82 Å². The SMILES string of the molecule is O=C(c1cccc(Br)c1)N1CCN(S(=O)(=O)c2ccc(F)c(Cl)c2)CC1. The maximum Gasteiger partial charge on any atom is 0.253 e. The van der Waals surface area contributed by atoms with Crippen LogP contribution in [0.3, 0.4) is 0 Å². The van der Waals surface area contributed by atoms with Crippen molar-refractivity contribution >= 4 is 43.5 Å². The summed E-state index contributed by atoms with van der Waals surface area (Å²) in [6.45, 7) is 0.882. The Morgan fingerprint density at radius 1 is 1.08 bits per heavy atom. The fourth-order valence-corrected chi connectivity index (χ4v) is 4.82. The summed E-state index contributed by atoms with van der Waals surface area (Å²) >= 11 is 9.02. The molecule has 2 aromatic carbocycles. The molecule has 1 amide bonds. The van der Waals surface area contributed by atoms with Crippen LogP contribution in [0.5, 0.6) is 0 Å². The van der Waals surface area contributed by atoms with Gasteiger partial charge in [0.2, 0.25) is 10.0 Å². The lowest BCUT2D eigenvalue weighted by Crippen LogP contribution is -2.50. The molecule has 0 aromatic heterocycles. The highest BCUT2D eigenvalue weighted by Gasteiger charge is 2.30. The average Bonchev–Trinajstić information content (AvgIpc) is 2.63. The van der Waals surface area contributed by atoms with Gasteiger partial charge in [-0.25, -0.2) is 12.8 Å². The summed E-state index contributed by atoms with van der Waals surface area (Å²) in [7, 11) is -3.79. The number of sulfonamides is 1. The van der Waals surface area contributed by atoms with Crippen molar-refractivity contribution in [2.75, 3.05) is 26.2 Å². The van der Waals surface area contributed by atoms with Crippen LogP contribution in [0.1, 0.15) is 10.4 Å². The molecule has 9 heteroatoms. The second-order valence-electron chi connectivity index (χ2n) is 5.78. The molecule has 0 saturated carbocycles. The Balaban J connectivity index is 1.71. The summed E-state index contributed by atoms with van der Waals surface area (Å²) in [6, 6.07) is 10.4. The van der Waals surface area contributed by atoms with Crippen LogP contribution in [0.2, 0.25) is 5.02 Å². The molecule has 26 heavy (non-hydrogen) atoms. The van der Waals surface area contributed by atoms with E-state index in [-0.39, 0.29) is 42.0 Å². The van der Waals surface area contributed by atoms with E-state index in [1.807, 2.05) is 6.07 Å². The van der Waals surface area contributed by atoms with Crippen molar-refractivity contribution in [2.45, 2.75) is 4.90 Å². The van der Waals surface area contributed by atoms with E-state index in [1.54, 1.807) is 23.1 Å². The molecule has 3 rings (SSSR count). The number of hydrogen-bond acceptors (Lipinski definition) is 3. The molecule has 1 aliphatic heterocycles. The molecule has 1 saturated heterocycles. The maximum atomic E-state index is 13.3. The van der Waals surface area contributed by atoms with Crippen molar-refractivity contribution in [1.82, 2.24) is 9.21 Å². The standard InChI is InChI=1S/C17H15BrClFN2O3S/c18-13-3-1-2-12(10-13)17(23)21-6-8-22(9-7-21)26(24,25)14-4-5-16(20)15(19)11-14/h1-5,10-11H,6-9H2. The number of hydrogen-bond donors (Lipinski definition) is 0. The number of carbonyl (C=O) groups is 1. The molecule has 1 fully saturated rings. The van der Waals surface area contributed by atoms with E-state index >= 15 is 0 Å². The largest absolute Gasteiger partial charge is 0.336 e. The van der Waals surface area contributed by atoms with Crippen LogP contribution in [0.15, 0.2) is 51.8 Å². The highest BCUT2D eigenvalue weighted by atomic mass is 79.9. The van der Waals surface area contributed by atoms with Crippen LogP contribution in [0, 0.1) is 5.82 Å². The minimum absolute atomic E-state index is 0.0596. The van der Waals surface area contributed by atoms with E-state index in [9.17, 15) is 17.6 Å². The fourth-order valence-electron chi connectivity index (χ4n) is 2.72. The molecule has 5 nitrogen and oxygen atoms in total. The van der Waals surface area contributed by atoms with Crippen molar-refractivity contribution in [2.24, 2.45) is 0 Å². The van der Waals surface area contributed by atoms with Gasteiger partial charge < -0.3 is 4.90 Å². The Bertz CT molecular complexity index is 947. The third-order valence-electron chi connectivity index (χ3n) is 4.13. The highest BCUT2D eigenvalue weighted by molar-refractivity contribution is 9.10. The Morgan fingerprint density at radius 2 is 1.77 bits per heavy atom. The number of amides is 1. The van der Waals surface area contributed by atoms with Crippen molar-refractivity contribution in [1.29, 1.82) is 0 Å². The monoisotopic (exact) mass is 460 g/mol. The van der Waals surface area contributed by atoms with Gasteiger partial charge in [0.25, 0.3) is 5.91 Å². The van der Waals surface area contributed by atoms with Gasteiger partial charge in [0.15, 0.2) is 0 Å². The maximum absolute atomic E-state index is 13.3. The smallest absolute Gasteiger partial charge is 0.253 e. The molecule has 2 aromatic rings. The molecule has 0 bridgehead atoms. The van der Waals surface area contributed by atoms with E-state index in [0.717, 1.165) is 16.6 Å². The zero-order chi connectivity index (χ0) is 18.9. The van der Waals surface area contributed by atoms with E-state index in [0.29, 0.717) is 5.56 Å². The van der Waals surface area contributed by atoms with E-state index in [2.05, 4.69) is 15.9 Å². The summed E-state index contributed by atoms with van der Waals surface area (Å²) in [6.07, 6.45) is 0. The van der Waals surface area contributed by atoms with E-state index in [1.165, 1.54) is 10.4 Å². The third-order valence-corrected chi connectivity index (χ3v) is 6.80. The first-order chi connectivity index (χ1) is 12.3. The van der Waals surface area contributed by atoms with Gasteiger partial charge in [0, 0.05) is 36.2 Å². The molecule has 0 unspecified atom stereocenters. The van der Waals surface area contributed by atoms with Crippen LogP contribution in [0.4, 0.5) is 4.39 Å². The van der Waals surface area contributed by atoms with Crippen molar-refractivity contribution < 1.29 is 17.6 Å². The van der Waals surface area contributed by atoms with E-state index in [4.69, 9.17) is 11.6 Å². The van der Waals surface area contributed by atoms with Gasteiger partial charge in [-0.3, -0.25) is 4.79 Å². The number of carbonyl (C=O) groups excluding carboxylic acids is 1. The first-order valence-corrected chi connectivity index (χ1v) is 10.4. The van der Waals surface area contributed by atoms with Gasteiger partial charge in [-0.2, -0.15) is 4.31 Å². The Hall–Kier alpha value is -1.48. The summed E-state index contributed by atoms with van der Waals surface area (Å²) in [4.78, 5) is 14.1. The Kier molecular flexibility index (Phi) is 5.67. The van der Waals surface area contributed by atoms with Crippen LogP contribution in [0.25, 0.3) is 0 Å². The van der Waals surface area contributed by atoms with Crippen LogP contribution in [-0.4, -0.2) is 49.7 Å². The summed E-state index contributed by atoms with van der Waals surface area (Å²) < 4.78 is 40.7. The topological polar surface area (TPSA) is 57.7 Å². The number of piperazine rings is 1. The molecule has 138 valence electrons.